The van der Waals surface area contributed by atoms with Crippen molar-refractivity contribution in [3.05, 3.63) is 48.0 Å². The van der Waals surface area contributed by atoms with Crippen LogP contribution in [0.3, 0.4) is 0 Å². The quantitative estimate of drug-likeness (QED) is 0.684. The number of aryl methyl sites for hydroxylation is 1. The summed E-state index contributed by atoms with van der Waals surface area (Å²) in [5, 5.41) is 2.71. The summed E-state index contributed by atoms with van der Waals surface area (Å²) in [4.78, 5) is 12.2. The average Bonchev–Trinajstić information content (AvgIpc) is 2.67. The van der Waals surface area contributed by atoms with Crippen LogP contribution in [0.4, 0.5) is 11.4 Å². The highest BCUT2D eigenvalue weighted by atomic mass is 32.2. The number of rotatable bonds is 9. The van der Waals surface area contributed by atoms with E-state index in [1.807, 2.05) is 31.2 Å². The molecule has 0 unspecified atom stereocenters. The zero-order chi connectivity index (χ0) is 19.9. The van der Waals surface area contributed by atoms with Gasteiger partial charge in [0, 0.05) is 11.8 Å². The van der Waals surface area contributed by atoms with Gasteiger partial charge in [-0.3, -0.25) is 9.52 Å². The number of nitrogens with one attached hydrogen (secondary N) is 2. The van der Waals surface area contributed by atoms with Gasteiger partial charge in [-0.25, -0.2) is 8.42 Å². The van der Waals surface area contributed by atoms with Crippen molar-refractivity contribution in [1.29, 1.82) is 0 Å². The van der Waals surface area contributed by atoms with E-state index in [2.05, 4.69) is 10.0 Å². The van der Waals surface area contributed by atoms with Gasteiger partial charge in [0.25, 0.3) is 5.91 Å². The Balaban J connectivity index is 2.03. The molecule has 0 radical (unpaired) electrons. The Morgan fingerprint density at radius 2 is 1.81 bits per heavy atom. The summed E-state index contributed by atoms with van der Waals surface area (Å²) in [5.41, 5.74) is 1.81. The largest absolute Gasteiger partial charge is 0.494 e. The molecule has 0 aliphatic carbocycles. The lowest BCUT2D eigenvalue weighted by atomic mass is 10.1. The van der Waals surface area contributed by atoms with Gasteiger partial charge in [-0.05, 0) is 37.1 Å². The molecule has 0 heterocycles. The van der Waals surface area contributed by atoms with Crippen LogP contribution in [-0.4, -0.2) is 33.8 Å². The molecular weight excluding hydrogens is 368 g/mol. The van der Waals surface area contributed by atoms with Crippen LogP contribution in [-0.2, 0) is 21.2 Å². The van der Waals surface area contributed by atoms with Gasteiger partial charge in [0.1, 0.15) is 11.5 Å². The van der Waals surface area contributed by atoms with Crippen LogP contribution >= 0.6 is 0 Å². The first kappa shape index (κ1) is 20.6. The molecule has 2 N–H and O–H groups in total. The van der Waals surface area contributed by atoms with E-state index in [4.69, 9.17) is 9.47 Å². The Kier molecular flexibility index (Phi) is 7.06. The second kappa shape index (κ2) is 9.27. The Labute approximate surface area is 159 Å². The topological polar surface area (TPSA) is 93.7 Å². The van der Waals surface area contributed by atoms with Crippen LogP contribution in [0.5, 0.6) is 11.5 Å². The van der Waals surface area contributed by atoms with E-state index in [1.54, 1.807) is 19.1 Å². The minimum atomic E-state index is -3.42. The van der Waals surface area contributed by atoms with Crippen molar-refractivity contribution in [3.8, 4) is 11.5 Å². The highest BCUT2D eigenvalue weighted by Gasteiger charge is 2.13. The number of hydrogen-bond donors (Lipinski definition) is 2. The van der Waals surface area contributed by atoms with Crippen LogP contribution in [0, 0.1) is 0 Å². The molecule has 1 amide bonds. The third kappa shape index (κ3) is 5.89. The Morgan fingerprint density at radius 1 is 1.07 bits per heavy atom. The Morgan fingerprint density at radius 3 is 2.48 bits per heavy atom. The minimum absolute atomic E-state index is 0.0504. The monoisotopic (exact) mass is 392 g/mol. The van der Waals surface area contributed by atoms with E-state index in [0.29, 0.717) is 22.9 Å². The number of para-hydroxylation sites is 1. The lowest BCUT2D eigenvalue weighted by Crippen LogP contribution is -2.20. The molecule has 2 aromatic carbocycles. The zero-order valence-electron chi connectivity index (χ0n) is 15.6. The van der Waals surface area contributed by atoms with Gasteiger partial charge in [-0.15, -0.1) is 0 Å². The zero-order valence-corrected chi connectivity index (χ0v) is 16.4. The summed E-state index contributed by atoms with van der Waals surface area (Å²) in [6, 6.07) is 12.2. The van der Waals surface area contributed by atoms with Gasteiger partial charge >= 0.3 is 0 Å². The lowest BCUT2D eigenvalue weighted by Gasteiger charge is -2.14. The van der Waals surface area contributed by atoms with Gasteiger partial charge in [-0.1, -0.05) is 25.1 Å². The standard InChI is InChI=1S/C19H24N2O5S/c1-4-14-8-6-7-9-17(14)26-13-19(22)20-15-10-11-16(18(12-15)25-3)21-27(23,24)5-2/h6-12,21H,4-5,13H2,1-3H3,(H,20,22). The highest BCUT2D eigenvalue weighted by Crippen LogP contribution is 2.29. The van der Waals surface area contributed by atoms with Crippen molar-refractivity contribution in [2.45, 2.75) is 20.3 Å². The first-order chi connectivity index (χ1) is 12.9. The summed E-state index contributed by atoms with van der Waals surface area (Å²) < 4.78 is 36.7. The molecule has 0 saturated carbocycles. The van der Waals surface area contributed by atoms with Crippen molar-refractivity contribution >= 4 is 27.3 Å². The number of amides is 1. The highest BCUT2D eigenvalue weighted by molar-refractivity contribution is 7.92. The van der Waals surface area contributed by atoms with E-state index in [1.165, 1.54) is 13.2 Å². The maximum atomic E-state index is 12.2. The third-order valence-corrected chi connectivity index (χ3v) is 5.13. The van der Waals surface area contributed by atoms with Crippen molar-refractivity contribution in [1.82, 2.24) is 0 Å². The number of methoxy groups -OCH3 is 1. The summed E-state index contributed by atoms with van der Waals surface area (Å²) in [6.45, 7) is 3.42. The number of carbonyl (C=O) groups is 1. The molecule has 146 valence electrons. The van der Waals surface area contributed by atoms with E-state index in [0.717, 1.165) is 12.0 Å². The van der Waals surface area contributed by atoms with Crippen molar-refractivity contribution in [2.24, 2.45) is 0 Å². The van der Waals surface area contributed by atoms with E-state index < -0.39 is 10.0 Å². The predicted molar refractivity (Wildman–Crippen MR) is 106 cm³/mol. The van der Waals surface area contributed by atoms with Gasteiger partial charge in [0.05, 0.1) is 18.6 Å². The van der Waals surface area contributed by atoms with Crippen LogP contribution in [0.25, 0.3) is 0 Å². The number of sulfonamides is 1. The van der Waals surface area contributed by atoms with Crippen LogP contribution < -0.4 is 19.5 Å². The molecule has 0 aliphatic rings. The molecule has 8 heteroatoms. The second-order valence-corrected chi connectivity index (χ2v) is 7.73. The SMILES string of the molecule is CCc1ccccc1OCC(=O)Nc1ccc(NS(=O)(=O)CC)c(OC)c1. The van der Waals surface area contributed by atoms with Crippen LogP contribution in [0.1, 0.15) is 19.4 Å². The molecule has 27 heavy (non-hydrogen) atoms. The fourth-order valence-electron chi connectivity index (χ4n) is 2.37. The van der Waals surface area contributed by atoms with E-state index >= 15 is 0 Å². The number of anilines is 2. The summed E-state index contributed by atoms with van der Waals surface area (Å²) in [6.07, 6.45) is 0.810. The maximum absolute atomic E-state index is 12.2. The molecule has 0 saturated heterocycles. The fourth-order valence-corrected chi connectivity index (χ4v) is 3.02. The number of benzene rings is 2. The second-order valence-electron chi connectivity index (χ2n) is 5.72. The van der Waals surface area contributed by atoms with Crippen molar-refractivity contribution in [2.75, 3.05) is 29.5 Å². The molecule has 0 bridgehead atoms. The Hall–Kier alpha value is -2.74. The molecule has 0 aliphatic heterocycles. The lowest BCUT2D eigenvalue weighted by molar-refractivity contribution is -0.118. The molecule has 2 aromatic rings. The molecule has 0 fully saturated rings. The first-order valence-electron chi connectivity index (χ1n) is 8.57. The number of ether oxygens (including phenoxy) is 2. The fraction of sp³-hybridized carbons (Fsp3) is 0.316. The van der Waals surface area contributed by atoms with Crippen molar-refractivity contribution < 1.29 is 22.7 Å². The summed E-state index contributed by atoms with van der Waals surface area (Å²) in [5.74, 6) is 0.606. The molecule has 7 nitrogen and oxygen atoms in total. The van der Waals surface area contributed by atoms with Crippen LogP contribution in [0.15, 0.2) is 42.5 Å². The normalized spacial score (nSPS) is 10.9. The average molecular weight is 392 g/mol. The molecule has 0 aromatic heterocycles. The summed E-state index contributed by atoms with van der Waals surface area (Å²) >= 11 is 0. The Bertz CT molecular complexity index is 897. The van der Waals surface area contributed by atoms with Gasteiger partial charge < -0.3 is 14.8 Å². The number of hydrogen-bond acceptors (Lipinski definition) is 5. The van der Waals surface area contributed by atoms with Gasteiger partial charge in [0.2, 0.25) is 10.0 Å². The molecule has 0 atom stereocenters. The van der Waals surface area contributed by atoms with Crippen molar-refractivity contribution in [3.63, 3.8) is 0 Å². The molecular formula is C19H24N2O5S. The van der Waals surface area contributed by atoms with Gasteiger partial charge in [0.15, 0.2) is 6.61 Å². The third-order valence-electron chi connectivity index (χ3n) is 3.84. The minimum Gasteiger partial charge on any atom is -0.494 e. The smallest absolute Gasteiger partial charge is 0.262 e. The first-order valence-corrected chi connectivity index (χ1v) is 10.2. The molecule has 2 rings (SSSR count). The molecule has 0 spiro atoms. The van der Waals surface area contributed by atoms with Crippen LogP contribution in [0.2, 0.25) is 0 Å². The summed E-state index contributed by atoms with van der Waals surface area (Å²) in [7, 11) is -2.00. The maximum Gasteiger partial charge on any atom is 0.262 e. The van der Waals surface area contributed by atoms with Gasteiger partial charge in [-0.2, -0.15) is 0 Å². The number of carbonyl (C=O) groups excluding carboxylic acids is 1. The van der Waals surface area contributed by atoms with E-state index in [-0.39, 0.29) is 18.3 Å². The van der Waals surface area contributed by atoms with E-state index in [9.17, 15) is 13.2 Å². The predicted octanol–water partition coefficient (Wildman–Crippen LogP) is 3.04.